The molecule has 1 saturated heterocycles. The third-order valence-electron chi connectivity index (χ3n) is 6.54. The monoisotopic (exact) mass is 449 g/mol. The number of oxime groups is 1. The van der Waals surface area contributed by atoms with E-state index in [0.29, 0.717) is 13.1 Å². The molecule has 0 unspecified atom stereocenters. The predicted molar refractivity (Wildman–Crippen MR) is 131 cm³/mol. The zero-order valence-electron chi connectivity index (χ0n) is 20.2. The summed E-state index contributed by atoms with van der Waals surface area (Å²) in [6, 6.07) is 16.5. The number of hydroxylamine groups is 2. The molecule has 1 N–H and O–H groups in total. The van der Waals surface area contributed by atoms with E-state index in [1.54, 1.807) is 5.06 Å². The van der Waals surface area contributed by atoms with Gasteiger partial charge in [0.1, 0.15) is 5.60 Å². The Morgan fingerprint density at radius 1 is 1.12 bits per heavy atom. The van der Waals surface area contributed by atoms with Crippen molar-refractivity contribution in [3.05, 3.63) is 65.2 Å². The number of amides is 1. The number of hydrogen-bond donors (Lipinski definition) is 1. The number of nitrogens with zero attached hydrogens (tertiary/aromatic N) is 2. The summed E-state index contributed by atoms with van der Waals surface area (Å²) in [7, 11) is 0. The molecule has 176 valence electrons. The molecule has 0 saturated carbocycles. The van der Waals surface area contributed by atoms with E-state index in [4.69, 9.17) is 9.68 Å². The zero-order chi connectivity index (χ0) is 23.5. The third kappa shape index (κ3) is 5.56. The van der Waals surface area contributed by atoms with Crippen molar-refractivity contribution in [2.75, 3.05) is 18.4 Å². The Labute approximate surface area is 196 Å². The van der Waals surface area contributed by atoms with Crippen molar-refractivity contribution in [2.24, 2.45) is 5.16 Å². The topological polar surface area (TPSA) is 63.2 Å². The standard InChI is InChI=1S/C27H35N3O3/c1-5-8-20-9-6-7-10-23(20)28-25(31)32-30-17-15-27(16-18-30)19-24(29-33-27)21-11-13-22(14-12-21)26(2,3)4/h6-7,9-14H,5,8,15-19H2,1-4H3,(H,28,31). The van der Waals surface area contributed by atoms with Crippen molar-refractivity contribution in [1.82, 2.24) is 5.06 Å². The number of carbonyl (C=O) groups excluding carboxylic acids is 1. The molecule has 2 aromatic carbocycles. The maximum Gasteiger partial charge on any atom is 0.430 e. The molecule has 6 heteroatoms. The number of carbonyl (C=O) groups is 1. The Morgan fingerprint density at radius 3 is 2.48 bits per heavy atom. The van der Waals surface area contributed by atoms with Crippen LogP contribution in [0.4, 0.5) is 10.5 Å². The van der Waals surface area contributed by atoms with E-state index in [1.807, 2.05) is 24.3 Å². The van der Waals surface area contributed by atoms with Crippen LogP contribution in [0.3, 0.4) is 0 Å². The van der Waals surface area contributed by atoms with Gasteiger partial charge in [0.25, 0.3) is 0 Å². The molecule has 1 spiro atoms. The number of benzene rings is 2. The van der Waals surface area contributed by atoms with Gasteiger partial charge in [0.2, 0.25) is 0 Å². The molecule has 0 atom stereocenters. The highest BCUT2D eigenvalue weighted by atomic mass is 16.7. The molecule has 2 aliphatic heterocycles. The van der Waals surface area contributed by atoms with E-state index in [2.05, 4.69) is 62.4 Å². The van der Waals surface area contributed by atoms with Crippen LogP contribution in [-0.2, 0) is 21.5 Å². The second-order valence-corrected chi connectivity index (χ2v) is 10.2. The Hall–Kier alpha value is -2.86. The van der Waals surface area contributed by atoms with Crippen LogP contribution in [0.5, 0.6) is 0 Å². The minimum absolute atomic E-state index is 0.130. The summed E-state index contributed by atoms with van der Waals surface area (Å²) in [4.78, 5) is 24.0. The van der Waals surface area contributed by atoms with Gasteiger partial charge in [0, 0.05) is 38.0 Å². The summed E-state index contributed by atoms with van der Waals surface area (Å²) in [6.45, 7) is 10.0. The first-order valence-electron chi connectivity index (χ1n) is 12.0. The number of aryl methyl sites for hydroxylation is 1. The highest BCUT2D eigenvalue weighted by molar-refractivity contribution is 6.01. The van der Waals surface area contributed by atoms with E-state index >= 15 is 0 Å². The molecular weight excluding hydrogens is 414 g/mol. The molecule has 0 aliphatic carbocycles. The van der Waals surface area contributed by atoms with Crippen LogP contribution in [0.25, 0.3) is 0 Å². The second kappa shape index (κ2) is 9.56. The van der Waals surface area contributed by atoms with E-state index in [0.717, 1.165) is 54.6 Å². The average Bonchev–Trinajstić information content (AvgIpc) is 3.20. The van der Waals surface area contributed by atoms with E-state index in [1.165, 1.54) is 5.56 Å². The van der Waals surface area contributed by atoms with E-state index in [9.17, 15) is 4.79 Å². The normalized spacial score (nSPS) is 18.0. The number of hydrogen-bond acceptors (Lipinski definition) is 5. The molecule has 4 rings (SSSR count). The first-order chi connectivity index (χ1) is 15.8. The lowest BCUT2D eigenvalue weighted by Gasteiger charge is -2.35. The van der Waals surface area contributed by atoms with Gasteiger partial charge in [0.05, 0.1) is 5.71 Å². The Kier molecular flexibility index (Phi) is 6.75. The third-order valence-corrected chi connectivity index (χ3v) is 6.54. The minimum Gasteiger partial charge on any atom is -0.388 e. The van der Waals surface area contributed by atoms with Crippen LogP contribution < -0.4 is 5.32 Å². The molecule has 1 fully saturated rings. The Morgan fingerprint density at radius 2 is 1.82 bits per heavy atom. The van der Waals surface area contributed by atoms with E-state index in [-0.39, 0.29) is 11.0 Å². The number of para-hydroxylation sites is 1. The molecule has 1 amide bonds. The van der Waals surface area contributed by atoms with Gasteiger partial charge in [-0.1, -0.05) is 81.7 Å². The fourth-order valence-electron chi connectivity index (χ4n) is 4.47. The van der Waals surface area contributed by atoms with Crippen molar-refractivity contribution < 1.29 is 14.5 Å². The molecule has 2 aliphatic rings. The fraction of sp³-hybridized carbons (Fsp3) is 0.481. The fourth-order valence-corrected chi connectivity index (χ4v) is 4.47. The van der Waals surface area contributed by atoms with Crippen LogP contribution in [0.15, 0.2) is 53.7 Å². The van der Waals surface area contributed by atoms with Crippen molar-refractivity contribution in [3.63, 3.8) is 0 Å². The zero-order valence-corrected chi connectivity index (χ0v) is 20.2. The van der Waals surface area contributed by atoms with Crippen molar-refractivity contribution in [1.29, 1.82) is 0 Å². The number of rotatable bonds is 5. The van der Waals surface area contributed by atoms with Gasteiger partial charge in [-0.05, 0) is 34.6 Å². The summed E-state index contributed by atoms with van der Waals surface area (Å²) in [6.07, 6.45) is 3.80. The van der Waals surface area contributed by atoms with Gasteiger partial charge in [0.15, 0.2) is 0 Å². The van der Waals surface area contributed by atoms with E-state index < -0.39 is 6.09 Å². The summed E-state index contributed by atoms with van der Waals surface area (Å²) < 4.78 is 0. The SMILES string of the molecule is CCCc1ccccc1NC(=O)ON1CCC2(CC1)CC(c1ccc(C(C)(C)C)cc1)=NO2. The van der Waals surface area contributed by atoms with Gasteiger partial charge in [-0.2, -0.15) is 0 Å². The van der Waals surface area contributed by atoms with Crippen LogP contribution >= 0.6 is 0 Å². The summed E-state index contributed by atoms with van der Waals surface area (Å²) in [5.74, 6) is 0. The Balaban J connectivity index is 1.28. The molecular formula is C27H35N3O3. The summed E-state index contributed by atoms with van der Waals surface area (Å²) >= 11 is 0. The van der Waals surface area contributed by atoms with Gasteiger partial charge in [-0.15, -0.1) is 5.06 Å². The molecule has 2 aromatic rings. The molecule has 2 heterocycles. The molecule has 0 aromatic heterocycles. The predicted octanol–water partition coefficient (Wildman–Crippen LogP) is 6.06. The van der Waals surface area contributed by atoms with Gasteiger partial charge in [-0.25, -0.2) is 4.79 Å². The smallest absolute Gasteiger partial charge is 0.388 e. The quantitative estimate of drug-likeness (QED) is 0.603. The summed E-state index contributed by atoms with van der Waals surface area (Å²) in [5.41, 5.74) is 5.18. The maximum absolute atomic E-state index is 12.5. The van der Waals surface area contributed by atoms with Crippen LogP contribution in [0.1, 0.15) is 70.1 Å². The number of nitrogens with one attached hydrogen (secondary N) is 1. The molecule has 6 nitrogen and oxygen atoms in total. The van der Waals surface area contributed by atoms with Gasteiger partial charge < -0.3 is 9.68 Å². The lowest BCUT2D eigenvalue weighted by Crippen LogP contribution is -2.45. The Bertz CT molecular complexity index is 1000. The largest absolute Gasteiger partial charge is 0.430 e. The first kappa shape index (κ1) is 23.3. The highest BCUT2D eigenvalue weighted by Crippen LogP contribution is 2.36. The van der Waals surface area contributed by atoms with Crippen molar-refractivity contribution >= 4 is 17.5 Å². The number of piperidine rings is 1. The first-order valence-corrected chi connectivity index (χ1v) is 12.0. The van der Waals surface area contributed by atoms with Crippen LogP contribution in [-0.4, -0.2) is 35.6 Å². The van der Waals surface area contributed by atoms with Crippen LogP contribution in [0.2, 0.25) is 0 Å². The lowest BCUT2D eigenvalue weighted by atomic mass is 9.84. The minimum atomic E-state index is -0.447. The van der Waals surface area contributed by atoms with Gasteiger partial charge in [-0.3, -0.25) is 5.32 Å². The van der Waals surface area contributed by atoms with Crippen molar-refractivity contribution in [3.8, 4) is 0 Å². The average molecular weight is 450 g/mol. The molecule has 0 radical (unpaired) electrons. The highest BCUT2D eigenvalue weighted by Gasteiger charge is 2.43. The van der Waals surface area contributed by atoms with Crippen molar-refractivity contribution in [2.45, 2.75) is 70.8 Å². The second-order valence-electron chi connectivity index (χ2n) is 10.2. The maximum atomic E-state index is 12.5. The van der Waals surface area contributed by atoms with Crippen LogP contribution in [0, 0.1) is 0 Å². The molecule has 33 heavy (non-hydrogen) atoms. The lowest BCUT2D eigenvalue weighted by molar-refractivity contribution is -0.154. The molecule has 0 bridgehead atoms. The number of anilines is 1. The van der Waals surface area contributed by atoms with Gasteiger partial charge >= 0.3 is 6.09 Å². The summed E-state index contributed by atoms with van der Waals surface area (Å²) in [5, 5.41) is 9.04.